The largest absolute Gasteiger partial charge is 0.345 e. The summed E-state index contributed by atoms with van der Waals surface area (Å²) >= 11 is 11.9. The van der Waals surface area contributed by atoms with Gasteiger partial charge in [0, 0.05) is 18.2 Å². The molecule has 1 saturated carbocycles. The van der Waals surface area contributed by atoms with E-state index in [9.17, 15) is 8.42 Å². The predicted molar refractivity (Wildman–Crippen MR) is 110 cm³/mol. The van der Waals surface area contributed by atoms with Gasteiger partial charge in [0.1, 0.15) is 5.82 Å². The molecule has 0 radical (unpaired) electrons. The highest BCUT2D eigenvalue weighted by Gasteiger charge is 2.32. The van der Waals surface area contributed by atoms with Gasteiger partial charge in [-0.25, -0.2) is 18.1 Å². The number of nitrogens with zero attached hydrogens (tertiary/aromatic N) is 4. The highest BCUT2D eigenvalue weighted by molar-refractivity contribution is 7.89. The standard InChI is InChI=1S/C18H16Cl2N6O2S/c19-13-4-3-12(8-14(13)20)29(27,28)25-11-2-1-10(7-11)18-24-23-16-9-22-17-15(26(16)18)5-6-21-17/h3-6,8-11,21,25H,1-2,7H2/t10-,11+/m1/s1. The number of aromatic nitrogens is 5. The van der Waals surface area contributed by atoms with Crippen LogP contribution < -0.4 is 4.72 Å². The van der Waals surface area contributed by atoms with Crippen molar-refractivity contribution >= 4 is 50.0 Å². The Morgan fingerprint density at radius 3 is 2.83 bits per heavy atom. The van der Waals surface area contributed by atoms with Crippen molar-refractivity contribution in [3.8, 4) is 0 Å². The van der Waals surface area contributed by atoms with Crippen LogP contribution in [0.3, 0.4) is 0 Å². The summed E-state index contributed by atoms with van der Waals surface area (Å²) in [6.45, 7) is 0. The van der Waals surface area contributed by atoms with Crippen molar-refractivity contribution in [1.29, 1.82) is 0 Å². The Kier molecular flexibility index (Phi) is 4.50. The lowest BCUT2D eigenvalue weighted by molar-refractivity contribution is 0.546. The summed E-state index contributed by atoms with van der Waals surface area (Å²) in [5.41, 5.74) is 2.34. The first-order chi connectivity index (χ1) is 13.9. The van der Waals surface area contributed by atoms with Gasteiger partial charge >= 0.3 is 0 Å². The molecule has 3 heterocycles. The molecule has 8 nitrogen and oxygen atoms in total. The zero-order valence-corrected chi connectivity index (χ0v) is 17.3. The number of halogens is 2. The Labute approximate surface area is 176 Å². The Morgan fingerprint density at radius 2 is 2.00 bits per heavy atom. The molecule has 0 saturated heterocycles. The molecule has 0 bridgehead atoms. The van der Waals surface area contributed by atoms with E-state index in [-0.39, 0.29) is 21.9 Å². The number of sulfonamides is 1. The number of benzene rings is 1. The van der Waals surface area contributed by atoms with Crippen LogP contribution in [0.4, 0.5) is 0 Å². The molecule has 0 aliphatic heterocycles. The van der Waals surface area contributed by atoms with Crippen molar-refractivity contribution in [2.75, 3.05) is 0 Å². The smallest absolute Gasteiger partial charge is 0.240 e. The molecule has 0 spiro atoms. The Bertz CT molecular complexity index is 1330. The van der Waals surface area contributed by atoms with Crippen LogP contribution in [0.2, 0.25) is 10.0 Å². The van der Waals surface area contributed by atoms with E-state index in [1.54, 1.807) is 6.20 Å². The minimum atomic E-state index is -3.69. The van der Waals surface area contributed by atoms with Crippen LogP contribution in [0.5, 0.6) is 0 Å². The molecular formula is C18H16Cl2N6O2S. The second-order valence-electron chi connectivity index (χ2n) is 7.13. The number of fused-ring (bicyclic) bond motifs is 3. The van der Waals surface area contributed by atoms with Crippen molar-refractivity contribution in [1.82, 2.24) is 29.3 Å². The van der Waals surface area contributed by atoms with E-state index in [1.807, 2.05) is 16.7 Å². The molecular weight excluding hydrogens is 435 g/mol. The van der Waals surface area contributed by atoms with Crippen molar-refractivity contribution in [2.24, 2.45) is 0 Å². The topological polar surface area (TPSA) is 105 Å². The first-order valence-electron chi connectivity index (χ1n) is 9.07. The fourth-order valence-corrected chi connectivity index (χ4v) is 5.59. The zero-order chi connectivity index (χ0) is 20.2. The third kappa shape index (κ3) is 3.28. The fraction of sp³-hybridized carbons (Fsp3) is 0.278. The summed E-state index contributed by atoms with van der Waals surface area (Å²) in [6.07, 6.45) is 5.65. The van der Waals surface area contributed by atoms with Crippen LogP contribution in [0.15, 0.2) is 41.6 Å². The van der Waals surface area contributed by atoms with Crippen LogP contribution in [-0.4, -0.2) is 39.0 Å². The molecule has 1 aliphatic carbocycles. The SMILES string of the molecule is O=S(=O)(N[C@H]1CC[C@@H](c2nnc3cnc4[nH]ccc4n23)C1)c1ccc(Cl)c(Cl)c1. The summed E-state index contributed by atoms with van der Waals surface area (Å²) in [7, 11) is -3.69. The van der Waals surface area contributed by atoms with Gasteiger partial charge in [0.2, 0.25) is 10.0 Å². The van der Waals surface area contributed by atoms with Crippen molar-refractivity contribution in [3.05, 3.63) is 52.5 Å². The first-order valence-corrected chi connectivity index (χ1v) is 11.3. The zero-order valence-electron chi connectivity index (χ0n) is 15.0. The van der Waals surface area contributed by atoms with Crippen molar-refractivity contribution in [2.45, 2.75) is 36.1 Å². The van der Waals surface area contributed by atoms with Gasteiger partial charge in [-0.05, 0) is 43.5 Å². The van der Waals surface area contributed by atoms with Gasteiger partial charge in [-0.2, -0.15) is 0 Å². The molecule has 4 aromatic rings. The van der Waals surface area contributed by atoms with E-state index in [1.165, 1.54) is 18.2 Å². The third-order valence-electron chi connectivity index (χ3n) is 5.29. The maximum absolute atomic E-state index is 12.7. The highest BCUT2D eigenvalue weighted by atomic mass is 35.5. The second-order valence-corrected chi connectivity index (χ2v) is 9.65. The number of aromatic amines is 1. The summed E-state index contributed by atoms with van der Waals surface area (Å²) in [5.74, 6) is 0.912. The molecule has 5 rings (SSSR count). The molecule has 1 fully saturated rings. The number of hydrogen-bond donors (Lipinski definition) is 2. The van der Waals surface area contributed by atoms with E-state index < -0.39 is 10.0 Å². The van der Waals surface area contributed by atoms with E-state index in [0.29, 0.717) is 23.5 Å². The molecule has 2 atom stereocenters. The maximum atomic E-state index is 12.7. The molecule has 0 amide bonds. The molecule has 3 aromatic heterocycles. The van der Waals surface area contributed by atoms with Gasteiger partial charge < -0.3 is 4.98 Å². The van der Waals surface area contributed by atoms with Crippen molar-refractivity contribution in [3.63, 3.8) is 0 Å². The first kappa shape index (κ1) is 18.8. The average molecular weight is 451 g/mol. The lowest BCUT2D eigenvalue weighted by Crippen LogP contribution is -2.33. The highest BCUT2D eigenvalue weighted by Crippen LogP contribution is 2.35. The average Bonchev–Trinajstić information content (AvgIpc) is 3.40. The van der Waals surface area contributed by atoms with Crippen LogP contribution in [0.1, 0.15) is 31.0 Å². The molecule has 1 aliphatic rings. The maximum Gasteiger partial charge on any atom is 0.240 e. The fourth-order valence-electron chi connectivity index (χ4n) is 3.92. The lowest BCUT2D eigenvalue weighted by Gasteiger charge is -2.14. The normalized spacial score (nSPS) is 20.1. The van der Waals surface area contributed by atoms with Crippen LogP contribution in [0.25, 0.3) is 16.8 Å². The minimum Gasteiger partial charge on any atom is -0.345 e. The minimum absolute atomic E-state index is 0.0898. The Hall–Kier alpha value is -2.20. The summed E-state index contributed by atoms with van der Waals surface area (Å²) in [6, 6.07) is 6.02. The Morgan fingerprint density at radius 1 is 1.14 bits per heavy atom. The van der Waals surface area contributed by atoms with E-state index in [4.69, 9.17) is 23.2 Å². The van der Waals surface area contributed by atoms with E-state index in [0.717, 1.165) is 23.4 Å². The quantitative estimate of drug-likeness (QED) is 0.494. The van der Waals surface area contributed by atoms with Crippen molar-refractivity contribution < 1.29 is 8.42 Å². The lowest BCUT2D eigenvalue weighted by atomic mass is 10.1. The van der Waals surface area contributed by atoms with Crippen LogP contribution in [-0.2, 0) is 10.0 Å². The van der Waals surface area contributed by atoms with E-state index in [2.05, 4.69) is 24.9 Å². The molecule has 150 valence electrons. The summed E-state index contributed by atoms with van der Waals surface area (Å²) in [5, 5.41) is 9.12. The predicted octanol–water partition coefficient (Wildman–Crippen LogP) is 3.53. The van der Waals surface area contributed by atoms with Gasteiger partial charge in [0.25, 0.3) is 0 Å². The number of nitrogens with one attached hydrogen (secondary N) is 2. The van der Waals surface area contributed by atoms with E-state index >= 15 is 0 Å². The molecule has 2 N–H and O–H groups in total. The van der Waals surface area contributed by atoms with Gasteiger partial charge in [-0.3, -0.25) is 4.40 Å². The molecule has 29 heavy (non-hydrogen) atoms. The molecule has 0 unspecified atom stereocenters. The number of rotatable bonds is 4. The molecule has 11 heteroatoms. The summed E-state index contributed by atoms with van der Waals surface area (Å²) in [4.78, 5) is 7.52. The van der Waals surface area contributed by atoms with Gasteiger partial charge in [-0.15, -0.1) is 10.2 Å². The monoisotopic (exact) mass is 450 g/mol. The third-order valence-corrected chi connectivity index (χ3v) is 7.55. The summed E-state index contributed by atoms with van der Waals surface area (Å²) < 4.78 is 30.2. The van der Waals surface area contributed by atoms with Gasteiger partial charge in [0.15, 0.2) is 11.3 Å². The Balaban J connectivity index is 1.40. The van der Waals surface area contributed by atoms with Crippen LogP contribution in [0, 0.1) is 0 Å². The molecule has 1 aromatic carbocycles. The van der Waals surface area contributed by atoms with Crippen LogP contribution >= 0.6 is 23.2 Å². The number of H-pyrrole nitrogens is 1. The van der Waals surface area contributed by atoms with Gasteiger partial charge in [0.05, 0.1) is 26.7 Å². The second kappa shape index (κ2) is 6.94. The van der Waals surface area contributed by atoms with Gasteiger partial charge in [-0.1, -0.05) is 23.2 Å². The number of hydrogen-bond acceptors (Lipinski definition) is 5.